The number of nitrogens with one attached hydrogen (secondary N) is 2. The molecule has 1 saturated carbocycles. The average molecular weight is 553 g/mol. The van der Waals surface area contributed by atoms with Crippen molar-refractivity contribution in [1.29, 1.82) is 0 Å². The van der Waals surface area contributed by atoms with Gasteiger partial charge >= 0.3 is 0 Å². The molecule has 0 amide bonds. The molecule has 2 N–H and O–H groups in total. The van der Waals surface area contributed by atoms with Crippen LogP contribution < -0.4 is 20.3 Å². The number of hydrogen-bond acceptors (Lipinski definition) is 4. The van der Waals surface area contributed by atoms with Gasteiger partial charge in [-0.25, -0.2) is 0 Å². The van der Waals surface area contributed by atoms with Crippen LogP contribution in [0.3, 0.4) is 0 Å². The summed E-state index contributed by atoms with van der Waals surface area (Å²) in [4.78, 5) is 6.84. The van der Waals surface area contributed by atoms with Crippen LogP contribution in [0.4, 0.5) is 5.69 Å². The summed E-state index contributed by atoms with van der Waals surface area (Å²) in [5, 5.41) is 11.4. The number of nitrogens with zero attached hydrogens (tertiary/aromatic N) is 4. The minimum absolute atomic E-state index is 0. The second-order valence-corrected chi connectivity index (χ2v) is 8.75. The first-order valence-electron chi connectivity index (χ1n) is 11.7. The molecule has 32 heavy (non-hydrogen) atoms. The highest BCUT2D eigenvalue weighted by Crippen LogP contribution is 2.24. The lowest BCUT2D eigenvalue weighted by Gasteiger charge is -2.34. The van der Waals surface area contributed by atoms with Gasteiger partial charge in [0.25, 0.3) is 0 Å². The van der Waals surface area contributed by atoms with Gasteiger partial charge in [-0.2, -0.15) is 5.10 Å². The molecule has 2 aromatic rings. The fraction of sp³-hybridized carbons (Fsp3) is 0.583. The molecule has 1 unspecified atom stereocenters. The molecule has 0 spiro atoms. The van der Waals surface area contributed by atoms with Crippen molar-refractivity contribution in [1.82, 2.24) is 20.4 Å². The fourth-order valence-electron chi connectivity index (χ4n) is 4.58. The number of rotatable bonds is 6. The summed E-state index contributed by atoms with van der Waals surface area (Å²) >= 11 is 0. The van der Waals surface area contributed by atoms with Crippen molar-refractivity contribution >= 4 is 35.6 Å². The summed E-state index contributed by atoms with van der Waals surface area (Å²) < 4.78 is 8.08. The molecule has 0 radical (unpaired) electrons. The Labute approximate surface area is 209 Å². The molecule has 4 rings (SSSR count). The van der Waals surface area contributed by atoms with E-state index in [1.807, 2.05) is 25.0 Å². The number of guanidine groups is 1. The van der Waals surface area contributed by atoms with E-state index in [2.05, 4.69) is 56.1 Å². The minimum atomic E-state index is 0. The van der Waals surface area contributed by atoms with Gasteiger partial charge in [-0.1, -0.05) is 18.6 Å². The summed E-state index contributed by atoms with van der Waals surface area (Å²) in [5.74, 6) is 1.82. The van der Waals surface area contributed by atoms with Crippen molar-refractivity contribution in [3.05, 3.63) is 42.2 Å². The Balaban J connectivity index is 0.00000289. The first-order valence-corrected chi connectivity index (χ1v) is 11.7. The van der Waals surface area contributed by atoms with Gasteiger partial charge in [-0.15, -0.1) is 24.0 Å². The Morgan fingerprint density at radius 3 is 2.78 bits per heavy atom. The Morgan fingerprint density at radius 1 is 1.19 bits per heavy atom. The van der Waals surface area contributed by atoms with E-state index in [0.717, 1.165) is 44.2 Å². The molecule has 1 saturated heterocycles. The molecule has 1 aliphatic heterocycles. The number of anilines is 1. The number of piperidine rings is 1. The third-order valence-electron chi connectivity index (χ3n) is 6.26. The summed E-state index contributed by atoms with van der Waals surface area (Å²) in [5.41, 5.74) is 2.39. The van der Waals surface area contributed by atoms with Gasteiger partial charge in [-0.05, 0) is 56.2 Å². The predicted octanol–water partition coefficient (Wildman–Crippen LogP) is 4.08. The number of halogens is 1. The smallest absolute Gasteiger partial charge is 0.191 e. The predicted molar refractivity (Wildman–Crippen MR) is 141 cm³/mol. The van der Waals surface area contributed by atoms with Crippen molar-refractivity contribution in [2.75, 3.05) is 25.0 Å². The topological polar surface area (TPSA) is 66.7 Å². The van der Waals surface area contributed by atoms with Crippen LogP contribution in [0.5, 0.6) is 5.75 Å². The molecule has 176 valence electrons. The molecule has 2 aliphatic rings. The van der Waals surface area contributed by atoms with Crippen molar-refractivity contribution < 1.29 is 4.74 Å². The van der Waals surface area contributed by atoms with Gasteiger partial charge in [-0.3, -0.25) is 9.67 Å². The van der Waals surface area contributed by atoms with Gasteiger partial charge in [0.1, 0.15) is 5.75 Å². The lowest BCUT2D eigenvalue weighted by Crippen LogP contribution is -2.51. The van der Waals surface area contributed by atoms with Crippen LogP contribution in [0, 0.1) is 0 Å². The molecule has 2 heterocycles. The van der Waals surface area contributed by atoms with E-state index in [-0.39, 0.29) is 24.0 Å². The van der Waals surface area contributed by atoms with Crippen LogP contribution in [0.1, 0.15) is 50.5 Å². The zero-order valence-corrected chi connectivity index (χ0v) is 21.6. The highest BCUT2D eigenvalue weighted by atomic mass is 127. The zero-order chi connectivity index (χ0) is 21.5. The second-order valence-electron chi connectivity index (χ2n) is 8.75. The van der Waals surface area contributed by atoms with Crippen molar-refractivity contribution in [3.8, 4) is 5.75 Å². The first kappa shape index (κ1) is 24.7. The van der Waals surface area contributed by atoms with Crippen LogP contribution in [-0.4, -0.2) is 48.0 Å². The van der Waals surface area contributed by atoms with Gasteiger partial charge in [0.2, 0.25) is 0 Å². The molecule has 1 aromatic carbocycles. The maximum atomic E-state index is 6.22. The summed E-state index contributed by atoms with van der Waals surface area (Å²) in [7, 11) is 3.80. The largest absolute Gasteiger partial charge is 0.490 e. The molecule has 7 nitrogen and oxygen atoms in total. The summed E-state index contributed by atoms with van der Waals surface area (Å²) in [6.45, 7) is 2.75. The number of ether oxygens (including phenoxy) is 1. The maximum absolute atomic E-state index is 6.22. The van der Waals surface area contributed by atoms with E-state index in [0.29, 0.717) is 12.1 Å². The molecule has 8 heteroatoms. The van der Waals surface area contributed by atoms with Gasteiger partial charge < -0.3 is 20.3 Å². The molecule has 0 bridgehead atoms. The van der Waals surface area contributed by atoms with Crippen molar-refractivity contribution in [3.63, 3.8) is 0 Å². The van der Waals surface area contributed by atoms with Gasteiger partial charge in [0.15, 0.2) is 5.96 Å². The highest BCUT2D eigenvalue weighted by molar-refractivity contribution is 14.0. The van der Waals surface area contributed by atoms with Crippen molar-refractivity contribution in [2.24, 2.45) is 12.0 Å². The van der Waals surface area contributed by atoms with Crippen LogP contribution in [-0.2, 0) is 13.6 Å². The molecular weight excluding hydrogens is 515 g/mol. The van der Waals surface area contributed by atoms with Crippen LogP contribution in [0.15, 0.2) is 41.7 Å². The fourth-order valence-corrected chi connectivity index (χ4v) is 4.58. The molecular formula is C24H37IN6O. The number of hydrogen-bond donors (Lipinski definition) is 2. The normalized spacial score (nSPS) is 19.9. The lowest BCUT2D eigenvalue weighted by atomic mass is 9.98. The number of aromatic nitrogens is 2. The molecule has 1 atom stereocenters. The van der Waals surface area contributed by atoms with E-state index in [4.69, 9.17) is 4.74 Å². The Morgan fingerprint density at radius 2 is 2.03 bits per heavy atom. The number of aliphatic imine (C=N–C) groups is 1. The quantitative estimate of drug-likeness (QED) is 0.321. The van der Waals surface area contributed by atoms with E-state index in [1.165, 1.54) is 43.4 Å². The number of benzene rings is 1. The Bertz CT molecular complexity index is 864. The summed E-state index contributed by atoms with van der Waals surface area (Å²) in [6.07, 6.45) is 13.0. The van der Waals surface area contributed by atoms with Gasteiger partial charge in [0, 0.05) is 46.0 Å². The summed E-state index contributed by atoms with van der Waals surface area (Å²) in [6, 6.07) is 8.80. The number of aryl methyl sites for hydroxylation is 1. The van der Waals surface area contributed by atoms with E-state index in [1.54, 1.807) is 0 Å². The lowest BCUT2D eigenvalue weighted by molar-refractivity contribution is 0.155. The standard InChI is InChI=1S/C24H36N6O.HI/c1-25-24(28-20-9-7-13-30(17-20)21-16-27-29(2)18-21)26-15-19-8-6-12-23(14-19)31-22-10-4-3-5-11-22;/h6,8,12,14,16,18,20,22H,3-5,7,9-11,13,15,17H2,1-2H3,(H2,25,26,28);1H. The first-order chi connectivity index (χ1) is 15.2. The molecule has 2 fully saturated rings. The van der Waals surface area contributed by atoms with E-state index < -0.39 is 0 Å². The third kappa shape index (κ3) is 7.02. The van der Waals surface area contributed by atoms with Crippen LogP contribution in [0.2, 0.25) is 0 Å². The maximum Gasteiger partial charge on any atom is 0.191 e. The molecule has 1 aromatic heterocycles. The van der Waals surface area contributed by atoms with E-state index in [9.17, 15) is 0 Å². The van der Waals surface area contributed by atoms with Crippen molar-refractivity contribution in [2.45, 2.75) is 63.6 Å². The minimum Gasteiger partial charge on any atom is -0.490 e. The van der Waals surface area contributed by atoms with Gasteiger partial charge in [0.05, 0.1) is 18.0 Å². The van der Waals surface area contributed by atoms with Crippen LogP contribution in [0.25, 0.3) is 0 Å². The third-order valence-corrected chi connectivity index (χ3v) is 6.26. The molecule has 1 aliphatic carbocycles. The second kappa shape index (κ2) is 12.3. The zero-order valence-electron chi connectivity index (χ0n) is 19.3. The van der Waals surface area contributed by atoms with Crippen LogP contribution >= 0.6 is 24.0 Å². The Hall–Kier alpha value is -1.97. The Kier molecular flexibility index (Phi) is 9.50. The highest BCUT2D eigenvalue weighted by Gasteiger charge is 2.22. The van der Waals surface area contributed by atoms with E-state index >= 15 is 0 Å². The monoisotopic (exact) mass is 552 g/mol. The SMILES string of the molecule is CN=C(NCc1cccc(OC2CCCCC2)c1)NC1CCCN(c2cnn(C)c2)C1.I. The average Bonchev–Trinajstić information content (AvgIpc) is 3.24.